The molecule has 1 saturated heterocycles. The number of carbonyl (C=O) groups is 3. The summed E-state index contributed by atoms with van der Waals surface area (Å²) in [5.74, 6) is 1.71. The Kier molecular flexibility index (Phi) is 8.74. The van der Waals surface area contributed by atoms with Crippen LogP contribution in [0.2, 0.25) is 0 Å². The standard InChI is InChI=1S/C23H40N4O3/c1-15(2)21-12-19(13-22(29)27-9-7-26(8-10-27)18(6)28)17(5)11-20(21)14-24-23(30)25-16(3)4/h11,15-16,19-21H,7-10,12-14H2,1-6H3,(H2,24,25,30). The van der Waals surface area contributed by atoms with Crippen LogP contribution >= 0.6 is 0 Å². The molecule has 30 heavy (non-hydrogen) atoms. The van der Waals surface area contributed by atoms with Gasteiger partial charge in [0.2, 0.25) is 11.8 Å². The SMILES string of the molecule is CC(=O)N1CCN(C(=O)CC2CC(C(C)C)C(CNC(=O)NC(C)C)C=C2C)CC1. The Labute approximate surface area is 181 Å². The van der Waals surface area contributed by atoms with Crippen molar-refractivity contribution < 1.29 is 14.4 Å². The monoisotopic (exact) mass is 420 g/mol. The van der Waals surface area contributed by atoms with Crippen LogP contribution in [0.15, 0.2) is 11.6 Å². The molecule has 0 spiro atoms. The maximum absolute atomic E-state index is 12.9. The molecule has 1 aliphatic carbocycles. The number of hydrogen-bond acceptors (Lipinski definition) is 3. The first-order valence-electron chi connectivity index (χ1n) is 11.3. The van der Waals surface area contributed by atoms with Gasteiger partial charge < -0.3 is 20.4 Å². The van der Waals surface area contributed by atoms with Crippen molar-refractivity contribution in [2.75, 3.05) is 32.7 Å². The van der Waals surface area contributed by atoms with E-state index in [0.717, 1.165) is 6.42 Å². The molecule has 2 aliphatic rings. The second kappa shape index (κ2) is 10.8. The Hall–Kier alpha value is -2.05. The fourth-order valence-corrected chi connectivity index (χ4v) is 4.64. The van der Waals surface area contributed by atoms with Gasteiger partial charge in [-0.2, -0.15) is 0 Å². The van der Waals surface area contributed by atoms with E-state index >= 15 is 0 Å². The Morgan fingerprint density at radius 1 is 1.07 bits per heavy atom. The summed E-state index contributed by atoms with van der Waals surface area (Å²) in [6.07, 6.45) is 3.77. The molecule has 1 aliphatic heterocycles. The number of allylic oxidation sites excluding steroid dienone is 1. The van der Waals surface area contributed by atoms with Crippen LogP contribution in [0, 0.1) is 23.7 Å². The minimum atomic E-state index is -0.124. The number of hydrogen-bond donors (Lipinski definition) is 2. The zero-order valence-electron chi connectivity index (χ0n) is 19.5. The molecular formula is C23H40N4O3. The van der Waals surface area contributed by atoms with E-state index < -0.39 is 0 Å². The minimum Gasteiger partial charge on any atom is -0.339 e. The fourth-order valence-electron chi connectivity index (χ4n) is 4.64. The number of carbonyl (C=O) groups excluding carboxylic acids is 3. The highest BCUT2D eigenvalue weighted by atomic mass is 16.2. The van der Waals surface area contributed by atoms with Crippen LogP contribution in [-0.4, -0.2) is 66.4 Å². The van der Waals surface area contributed by atoms with E-state index in [1.807, 2.05) is 18.7 Å². The van der Waals surface area contributed by atoms with E-state index in [4.69, 9.17) is 0 Å². The van der Waals surface area contributed by atoms with Crippen LogP contribution in [0.3, 0.4) is 0 Å². The average molecular weight is 421 g/mol. The van der Waals surface area contributed by atoms with Crippen LogP contribution < -0.4 is 10.6 Å². The largest absolute Gasteiger partial charge is 0.339 e. The lowest BCUT2D eigenvalue weighted by molar-refractivity contribution is -0.139. The molecule has 0 bridgehead atoms. The van der Waals surface area contributed by atoms with Crippen molar-refractivity contribution in [3.05, 3.63) is 11.6 Å². The highest BCUT2D eigenvalue weighted by Gasteiger charge is 2.34. The van der Waals surface area contributed by atoms with Gasteiger partial charge in [0.15, 0.2) is 0 Å². The van der Waals surface area contributed by atoms with Crippen LogP contribution in [0.1, 0.15) is 54.4 Å². The molecule has 0 aromatic heterocycles. The van der Waals surface area contributed by atoms with Gasteiger partial charge in [0.25, 0.3) is 0 Å². The average Bonchev–Trinajstić information content (AvgIpc) is 2.67. The zero-order chi connectivity index (χ0) is 22.4. The van der Waals surface area contributed by atoms with E-state index in [1.54, 1.807) is 11.8 Å². The molecule has 7 heteroatoms. The van der Waals surface area contributed by atoms with E-state index in [0.29, 0.717) is 51.0 Å². The number of nitrogens with zero attached hydrogens (tertiary/aromatic N) is 2. The fraction of sp³-hybridized carbons (Fsp3) is 0.783. The van der Waals surface area contributed by atoms with Gasteiger partial charge in [-0.3, -0.25) is 9.59 Å². The van der Waals surface area contributed by atoms with Crippen LogP contribution in [-0.2, 0) is 9.59 Å². The number of rotatable bonds is 6. The highest BCUT2D eigenvalue weighted by molar-refractivity contribution is 5.78. The molecule has 0 radical (unpaired) electrons. The van der Waals surface area contributed by atoms with E-state index in [1.165, 1.54) is 5.57 Å². The maximum Gasteiger partial charge on any atom is 0.315 e. The summed E-state index contributed by atoms with van der Waals surface area (Å²) in [5.41, 5.74) is 1.25. The molecule has 3 atom stereocenters. The normalized spacial score (nSPS) is 24.7. The molecule has 7 nitrogen and oxygen atoms in total. The summed E-state index contributed by atoms with van der Waals surface area (Å²) in [4.78, 5) is 40.1. The van der Waals surface area contributed by atoms with E-state index in [9.17, 15) is 14.4 Å². The maximum atomic E-state index is 12.9. The molecule has 3 unspecified atom stereocenters. The first-order chi connectivity index (χ1) is 14.1. The van der Waals surface area contributed by atoms with Crippen molar-refractivity contribution >= 4 is 17.8 Å². The third-order valence-corrected chi connectivity index (χ3v) is 6.50. The summed E-state index contributed by atoms with van der Waals surface area (Å²) in [6, 6.07) is -0.0113. The van der Waals surface area contributed by atoms with E-state index in [2.05, 4.69) is 37.5 Å². The smallest absolute Gasteiger partial charge is 0.315 e. The summed E-state index contributed by atoms with van der Waals surface area (Å²) in [7, 11) is 0. The summed E-state index contributed by atoms with van der Waals surface area (Å²) < 4.78 is 0. The van der Waals surface area contributed by atoms with Crippen molar-refractivity contribution in [1.82, 2.24) is 20.4 Å². The molecule has 1 fully saturated rings. The number of amides is 4. The van der Waals surface area contributed by atoms with Gasteiger partial charge in [0.1, 0.15) is 0 Å². The Morgan fingerprint density at radius 3 is 2.20 bits per heavy atom. The lowest BCUT2D eigenvalue weighted by atomic mass is 9.69. The van der Waals surface area contributed by atoms with Gasteiger partial charge in [0.05, 0.1) is 0 Å². The number of piperazine rings is 1. The minimum absolute atomic E-state index is 0.0784. The van der Waals surface area contributed by atoms with Crippen molar-refractivity contribution in [2.45, 2.75) is 60.4 Å². The Balaban J connectivity index is 1.95. The Morgan fingerprint density at radius 2 is 1.67 bits per heavy atom. The van der Waals surface area contributed by atoms with Gasteiger partial charge in [-0.05, 0) is 50.9 Å². The van der Waals surface area contributed by atoms with Gasteiger partial charge in [0, 0.05) is 52.1 Å². The van der Waals surface area contributed by atoms with Gasteiger partial charge in [-0.1, -0.05) is 25.5 Å². The molecule has 2 rings (SSSR count). The molecular weight excluding hydrogens is 380 g/mol. The number of urea groups is 1. The first kappa shape index (κ1) is 24.2. The number of nitrogens with one attached hydrogen (secondary N) is 2. The van der Waals surface area contributed by atoms with Gasteiger partial charge >= 0.3 is 6.03 Å². The first-order valence-corrected chi connectivity index (χ1v) is 11.3. The molecule has 0 saturated carbocycles. The summed E-state index contributed by atoms with van der Waals surface area (Å²) in [6.45, 7) is 15.2. The van der Waals surface area contributed by atoms with Crippen LogP contribution in [0.25, 0.3) is 0 Å². The van der Waals surface area contributed by atoms with Crippen molar-refractivity contribution in [3.63, 3.8) is 0 Å². The quantitative estimate of drug-likeness (QED) is 0.648. The Bertz CT molecular complexity index is 651. The molecule has 1 heterocycles. The van der Waals surface area contributed by atoms with Crippen molar-refractivity contribution in [3.8, 4) is 0 Å². The predicted molar refractivity (Wildman–Crippen MR) is 119 cm³/mol. The second-order valence-corrected chi connectivity index (χ2v) is 9.52. The topological polar surface area (TPSA) is 81.8 Å². The molecule has 170 valence electrons. The third kappa shape index (κ3) is 6.74. The zero-order valence-corrected chi connectivity index (χ0v) is 19.5. The molecule has 0 aromatic carbocycles. The lowest BCUT2D eigenvalue weighted by Gasteiger charge is -2.39. The summed E-state index contributed by atoms with van der Waals surface area (Å²) >= 11 is 0. The summed E-state index contributed by atoms with van der Waals surface area (Å²) in [5, 5.41) is 5.88. The van der Waals surface area contributed by atoms with Crippen LogP contribution in [0.4, 0.5) is 4.79 Å². The van der Waals surface area contributed by atoms with Gasteiger partial charge in [-0.25, -0.2) is 4.79 Å². The van der Waals surface area contributed by atoms with Gasteiger partial charge in [-0.15, -0.1) is 0 Å². The third-order valence-electron chi connectivity index (χ3n) is 6.50. The van der Waals surface area contributed by atoms with E-state index in [-0.39, 0.29) is 35.7 Å². The second-order valence-electron chi connectivity index (χ2n) is 9.52. The molecule has 4 amide bonds. The molecule has 2 N–H and O–H groups in total. The highest BCUT2D eigenvalue weighted by Crippen LogP contribution is 2.39. The molecule has 0 aromatic rings. The predicted octanol–water partition coefficient (Wildman–Crippen LogP) is 2.63. The lowest BCUT2D eigenvalue weighted by Crippen LogP contribution is -2.50. The van der Waals surface area contributed by atoms with Crippen molar-refractivity contribution in [1.29, 1.82) is 0 Å². The van der Waals surface area contributed by atoms with Crippen molar-refractivity contribution in [2.24, 2.45) is 23.7 Å². The van der Waals surface area contributed by atoms with Crippen LogP contribution in [0.5, 0.6) is 0 Å².